The summed E-state index contributed by atoms with van der Waals surface area (Å²) in [6, 6.07) is 0.555. The second-order valence-electron chi connectivity index (χ2n) is 4.85. The SMILES string of the molecule is CCCNc1nc(NC2CCCC2OC)nc(OC)n1. The van der Waals surface area contributed by atoms with E-state index in [0.29, 0.717) is 17.9 Å². The molecule has 7 heteroatoms. The molecule has 1 saturated carbocycles. The minimum atomic E-state index is 0.213. The van der Waals surface area contributed by atoms with Crippen molar-refractivity contribution in [2.75, 3.05) is 31.4 Å². The lowest BCUT2D eigenvalue weighted by atomic mass is 10.2. The number of hydrogen-bond donors (Lipinski definition) is 2. The van der Waals surface area contributed by atoms with E-state index in [-0.39, 0.29) is 12.1 Å². The van der Waals surface area contributed by atoms with Gasteiger partial charge in [-0.05, 0) is 25.7 Å². The molecule has 0 bridgehead atoms. The van der Waals surface area contributed by atoms with Gasteiger partial charge in [-0.2, -0.15) is 15.0 Å². The van der Waals surface area contributed by atoms with Crippen LogP contribution in [0, 0.1) is 0 Å². The molecular weight excluding hydrogens is 258 g/mol. The number of ether oxygens (including phenoxy) is 2. The number of nitrogens with zero attached hydrogens (tertiary/aromatic N) is 3. The maximum atomic E-state index is 5.47. The van der Waals surface area contributed by atoms with E-state index in [1.54, 1.807) is 14.2 Å². The molecule has 0 aromatic carbocycles. The third-order valence-corrected chi connectivity index (χ3v) is 3.40. The van der Waals surface area contributed by atoms with E-state index in [4.69, 9.17) is 9.47 Å². The minimum absolute atomic E-state index is 0.213. The molecule has 20 heavy (non-hydrogen) atoms. The Morgan fingerprint density at radius 1 is 1.15 bits per heavy atom. The summed E-state index contributed by atoms with van der Waals surface area (Å²) in [5.74, 6) is 1.07. The van der Waals surface area contributed by atoms with Gasteiger partial charge in [-0.3, -0.25) is 0 Å². The van der Waals surface area contributed by atoms with Gasteiger partial charge in [0, 0.05) is 13.7 Å². The van der Waals surface area contributed by atoms with Gasteiger partial charge in [0.25, 0.3) is 0 Å². The van der Waals surface area contributed by atoms with Gasteiger partial charge in [-0.15, -0.1) is 0 Å². The van der Waals surface area contributed by atoms with Crippen LogP contribution in [0.25, 0.3) is 0 Å². The molecule has 0 amide bonds. The number of rotatable bonds is 7. The third-order valence-electron chi connectivity index (χ3n) is 3.40. The average molecular weight is 281 g/mol. The van der Waals surface area contributed by atoms with Crippen LogP contribution < -0.4 is 15.4 Å². The lowest BCUT2D eigenvalue weighted by Gasteiger charge is -2.19. The summed E-state index contributed by atoms with van der Waals surface area (Å²) in [5.41, 5.74) is 0. The van der Waals surface area contributed by atoms with Gasteiger partial charge >= 0.3 is 6.01 Å². The summed E-state index contributed by atoms with van der Waals surface area (Å²) in [5, 5.41) is 6.47. The zero-order chi connectivity index (χ0) is 14.4. The Morgan fingerprint density at radius 2 is 1.95 bits per heavy atom. The molecule has 1 fully saturated rings. The summed E-state index contributed by atoms with van der Waals surface area (Å²) in [6.07, 6.45) is 4.50. The molecule has 2 unspecified atom stereocenters. The van der Waals surface area contributed by atoms with Gasteiger partial charge in [-0.25, -0.2) is 0 Å². The molecule has 1 aromatic rings. The maximum Gasteiger partial charge on any atom is 0.322 e. The van der Waals surface area contributed by atoms with Crippen LogP contribution in [0.5, 0.6) is 6.01 Å². The first-order chi connectivity index (χ1) is 9.76. The van der Waals surface area contributed by atoms with Crippen LogP contribution in [0.2, 0.25) is 0 Å². The Balaban J connectivity index is 2.09. The van der Waals surface area contributed by atoms with Crippen molar-refractivity contribution >= 4 is 11.9 Å². The number of methoxy groups -OCH3 is 2. The van der Waals surface area contributed by atoms with Crippen LogP contribution in [0.1, 0.15) is 32.6 Å². The molecule has 112 valence electrons. The molecule has 0 aliphatic heterocycles. The van der Waals surface area contributed by atoms with Crippen LogP contribution >= 0.6 is 0 Å². The van der Waals surface area contributed by atoms with Crippen molar-refractivity contribution in [3.05, 3.63) is 0 Å². The quantitative estimate of drug-likeness (QED) is 0.787. The normalized spacial score (nSPS) is 21.8. The lowest BCUT2D eigenvalue weighted by molar-refractivity contribution is 0.101. The highest BCUT2D eigenvalue weighted by molar-refractivity contribution is 5.37. The van der Waals surface area contributed by atoms with Gasteiger partial charge in [-0.1, -0.05) is 6.92 Å². The molecule has 1 heterocycles. The molecular formula is C13H23N5O2. The fourth-order valence-corrected chi connectivity index (χ4v) is 2.37. The summed E-state index contributed by atoms with van der Waals surface area (Å²) < 4.78 is 10.6. The Labute approximate surface area is 119 Å². The van der Waals surface area contributed by atoms with E-state index >= 15 is 0 Å². The standard InChI is InChI=1S/C13H23N5O2/c1-4-8-14-11-16-12(18-13(17-11)20-3)15-9-6-5-7-10(9)19-2/h9-10H,4-8H2,1-3H3,(H2,14,15,16,17,18). The summed E-state index contributed by atoms with van der Waals surface area (Å²) >= 11 is 0. The van der Waals surface area contributed by atoms with E-state index in [0.717, 1.165) is 32.2 Å². The predicted molar refractivity (Wildman–Crippen MR) is 77.2 cm³/mol. The van der Waals surface area contributed by atoms with Crippen molar-refractivity contribution in [3.63, 3.8) is 0 Å². The first kappa shape index (κ1) is 14.8. The van der Waals surface area contributed by atoms with Crippen LogP contribution in [0.15, 0.2) is 0 Å². The zero-order valence-corrected chi connectivity index (χ0v) is 12.3. The van der Waals surface area contributed by atoms with Crippen molar-refractivity contribution in [3.8, 4) is 6.01 Å². The van der Waals surface area contributed by atoms with E-state index in [1.807, 2.05) is 0 Å². The van der Waals surface area contributed by atoms with E-state index in [2.05, 4.69) is 32.5 Å². The van der Waals surface area contributed by atoms with Crippen molar-refractivity contribution in [1.29, 1.82) is 0 Å². The van der Waals surface area contributed by atoms with Gasteiger partial charge < -0.3 is 20.1 Å². The largest absolute Gasteiger partial charge is 0.467 e. The monoisotopic (exact) mass is 281 g/mol. The molecule has 0 spiro atoms. The maximum absolute atomic E-state index is 5.47. The van der Waals surface area contributed by atoms with E-state index in [9.17, 15) is 0 Å². The highest BCUT2D eigenvalue weighted by Gasteiger charge is 2.27. The van der Waals surface area contributed by atoms with Crippen LogP contribution in [0.4, 0.5) is 11.9 Å². The molecule has 1 aromatic heterocycles. The third kappa shape index (κ3) is 3.69. The van der Waals surface area contributed by atoms with Crippen LogP contribution in [-0.4, -0.2) is 47.9 Å². The second-order valence-corrected chi connectivity index (χ2v) is 4.85. The first-order valence-corrected chi connectivity index (χ1v) is 7.10. The topological polar surface area (TPSA) is 81.2 Å². The average Bonchev–Trinajstić information content (AvgIpc) is 2.92. The highest BCUT2D eigenvalue weighted by Crippen LogP contribution is 2.24. The lowest BCUT2D eigenvalue weighted by Crippen LogP contribution is -2.30. The number of nitrogens with one attached hydrogen (secondary N) is 2. The molecule has 1 aliphatic rings. The van der Waals surface area contributed by atoms with Crippen molar-refractivity contribution < 1.29 is 9.47 Å². The Hall–Kier alpha value is -1.63. The molecule has 0 radical (unpaired) electrons. The molecule has 2 N–H and O–H groups in total. The molecule has 7 nitrogen and oxygen atoms in total. The Bertz CT molecular complexity index is 429. The van der Waals surface area contributed by atoms with Crippen molar-refractivity contribution in [1.82, 2.24) is 15.0 Å². The van der Waals surface area contributed by atoms with Gasteiger partial charge in [0.1, 0.15) is 0 Å². The van der Waals surface area contributed by atoms with Crippen molar-refractivity contribution in [2.45, 2.75) is 44.8 Å². The van der Waals surface area contributed by atoms with Gasteiger partial charge in [0.05, 0.1) is 19.3 Å². The fraction of sp³-hybridized carbons (Fsp3) is 0.769. The number of anilines is 2. The molecule has 0 saturated heterocycles. The van der Waals surface area contributed by atoms with Gasteiger partial charge in [0.2, 0.25) is 11.9 Å². The smallest absolute Gasteiger partial charge is 0.322 e. The highest BCUT2D eigenvalue weighted by atomic mass is 16.5. The number of hydrogen-bond acceptors (Lipinski definition) is 7. The van der Waals surface area contributed by atoms with Crippen molar-refractivity contribution in [2.24, 2.45) is 0 Å². The van der Waals surface area contributed by atoms with Gasteiger partial charge in [0.15, 0.2) is 0 Å². The Kier molecular flexibility index (Phi) is 5.34. The summed E-state index contributed by atoms with van der Waals surface area (Å²) in [4.78, 5) is 12.8. The zero-order valence-electron chi connectivity index (χ0n) is 12.3. The Morgan fingerprint density at radius 3 is 2.65 bits per heavy atom. The summed E-state index contributed by atoms with van der Waals surface area (Å²) in [6.45, 7) is 2.91. The van der Waals surface area contributed by atoms with Crippen LogP contribution in [-0.2, 0) is 4.74 Å². The van der Waals surface area contributed by atoms with E-state index in [1.165, 1.54) is 0 Å². The predicted octanol–water partition coefficient (Wildman–Crippen LogP) is 1.68. The fourth-order valence-electron chi connectivity index (χ4n) is 2.37. The molecule has 2 rings (SSSR count). The van der Waals surface area contributed by atoms with Crippen LogP contribution in [0.3, 0.4) is 0 Å². The molecule has 1 aliphatic carbocycles. The van der Waals surface area contributed by atoms with E-state index < -0.39 is 0 Å². The summed E-state index contributed by atoms with van der Waals surface area (Å²) in [7, 11) is 3.29. The molecule has 2 atom stereocenters. The number of aromatic nitrogens is 3. The first-order valence-electron chi connectivity index (χ1n) is 7.10. The minimum Gasteiger partial charge on any atom is -0.467 e. The second kappa shape index (κ2) is 7.23.